The van der Waals surface area contributed by atoms with Crippen LogP contribution in [0.25, 0.3) is 0 Å². The number of fused-ring (bicyclic) bond motifs is 1. The van der Waals surface area contributed by atoms with Crippen molar-refractivity contribution < 1.29 is 18.7 Å². The number of carbonyl (C=O) groups excluding carboxylic acids is 1. The van der Waals surface area contributed by atoms with Crippen molar-refractivity contribution in [2.24, 2.45) is 0 Å². The number of ether oxygens (including phenoxy) is 2. The summed E-state index contributed by atoms with van der Waals surface area (Å²) in [5, 5.41) is 2.96. The molecular weight excluding hydrogens is 450 g/mol. The molecule has 0 bridgehead atoms. The minimum atomic E-state index is -0.207. The number of carbonyl (C=O) groups is 1. The van der Waals surface area contributed by atoms with E-state index in [2.05, 4.69) is 52.1 Å². The first kappa shape index (κ1) is 25.9. The number of aryl methyl sites for hydroxylation is 1. The van der Waals surface area contributed by atoms with Crippen molar-refractivity contribution in [1.29, 1.82) is 0 Å². The van der Waals surface area contributed by atoms with Gasteiger partial charge in [-0.25, -0.2) is 0 Å². The Morgan fingerprint density at radius 1 is 0.917 bits per heavy atom. The summed E-state index contributed by atoms with van der Waals surface area (Å²) in [5.41, 5.74) is 6.82. The molecule has 0 fully saturated rings. The van der Waals surface area contributed by atoms with E-state index in [1.165, 1.54) is 35.1 Å². The smallest absolute Gasteiger partial charge is 0.287 e. The minimum absolute atomic E-state index is 0.161. The van der Waals surface area contributed by atoms with Crippen LogP contribution in [0.1, 0.15) is 84.7 Å². The lowest BCUT2D eigenvalue weighted by Gasteiger charge is -2.42. The first-order valence-electron chi connectivity index (χ1n) is 12.8. The molecule has 2 aromatic carbocycles. The Labute approximate surface area is 215 Å². The molecule has 1 aliphatic rings. The maximum absolute atomic E-state index is 12.7. The second-order valence-electron chi connectivity index (χ2n) is 11.3. The zero-order chi connectivity index (χ0) is 26.1. The van der Waals surface area contributed by atoms with Crippen molar-refractivity contribution in [3.63, 3.8) is 0 Å². The fourth-order valence-electron chi connectivity index (χ4n) is 5.16. The van der Waals surface area contributed by atoms with Crippen LogP contribution in [0.5, 0.6) is 11.5 Å². The molecule has 1 amide bonds. The molecular formula is C31H39NO4. The fourth-order valence-corrected chi connectivity index (χ4v) is 5.16. The van der Waals surface area contributed by atoms with Crippen LogP contribution in [0.3, 0.4) is 0 Å². The van der Waals surface area contributed by atoms with Crippen LogP contribution >= 0.6 is 0 Å². The van der Waals surface area contributed by atoms with Crippen LogP contribution in [-0.4, -0.2) is 26.7 Å². The number of hydrogen-bond acceptors (Lipinski definition) is 4. The average molecular weight is 490 g/mol. The van der Waals surface area contributed by atoms with Gasteiger partial charge in [-0.15, -0.1) is 0 Å². The molecule has 4 rings (SSSR count). The van der Waals surface area contributed by atoms with E-state index in [1.807, 2.05) is 24.3 Å². The summed E-state index contributed by atoms with van der Waals surface area (Å²) in [5.74, 6) is 2.40. The van der Waals surface area contributed by atoms with Gasteiger partial charge >= 0.3 is 0 Å². The predicted octanol–water partition coefficient (Wildman–Crippen LogP) is 6.52. The molecule has 0 aliphatic heterocycles. The summed E-state index contributed by atoms with van der Waals surface area (Å²) in [7, 11) is 3.25. The number of nitrogens with one attached hydrogen (secondary N) is 1. The van der Waals surface area contributed by atoms with Gasteiger partial charge in [0.15, 0.2) is 5.76 Å². The lowest BCUT2D eigenvalue weighted by atomic mass is 9.62. The molecule has 0 atom stereocenters. The highest BCUT2D eigenvalue weighted by atomic mass is 16.5. The van der Waals surface area contributed by atoms with Crippen LogP contribution in [0.15, 0.2) is 46.9 Å². The highest BCUT2D eigenvalue weighted by Gasteiger charge is 2.37. The fraction of sp³-hybridized carbons (Fsp3) is 0.452. The van der Waals surface area contributed by atoms with Gasteiger partial charge in [-0.2, -0.15) is 0 Å². The molecule has 1 aromatic heterocycles. The molecule has 1 aliphatic carbocycles. The second kappa shape index (κ2) is 10.0. The Kier molecular flexibility index (Phi) is 7.21. The van der Waals surface area contributed by atoms with Gasteiger partial charge in [-0.05, 0) is 89.1 Å². The van der Waals surface area contributed by atoms with Crippen LogP contribution in [0.4, 0.5) is 0 Å². The Balaban J connectivity index is 1.42. The molecule has 3 aromatic rings. The van der Waals surface area contributed by atoms with E-state index in [0.717, 1.165) is 22.8 Å². The third-order valence-corrected chi connectivity index (χ3v) is 7.67. The van der Waals surface area contributed by atoms with E-state index in [9.17, 15) is 4.79 Å². The minimum Gasteiger partial charge on any atom is -0.497 e. The first-order valence-corrected chi connectivity index (χ1v) is 12.8. The SMILES string of the molecule is COc1cc(CCNC(=O)c2ccc(Cc3cc4c(cc3C)C(C)(C)CCC4(C)C)o2)cc(OC)c1. The number of furan rings is 1. The first-order chi connectivity index (χ1) is 17.0. The van der Waals surface area contributed by atoms with Gasteiger partial charge in [0.2, 0.25) is 0 Å². The van der Waals surface area contributed by atoms with Crippen molar-refractivity contribution in [2.75, 3.05) is 20.8 Å². The molecule has 0 saturated heterocycles. The van der Waals surface area contributed by atoms with E-state index in [-0.39, 0.29) is 16.7 Å². The summed E-state index contributed by atoms with van der Waals surface area (Å²) < 4.78 is 16.6. The van der Waals surface area contributed by atoms with Gasteiger partial charge < -0.3 is 19.2 Å². The van der Waals surface area contributed by atoms with E-state index in [4.69, 9.17) is 13.9 Å². The van der Waals surface area contributed by atoms with Crippen molar-refractivity contribution in [2.45, 2.75) is 71.1 Å². The molecule has 0 saturated carbocycles. The summed E-state index contributed by atoms with van der Waals surface area (Å²) in [6.45, 7) is 12.1. The predicted molar refractivity (Wildman–Crippen MR) is 144 cm³/mol. The maximum Gasteiger partial charge on any atom is 0.287 e. The van der Waals surface area contributed by atoms with E-state index in [0.29, 0.717) is 25.1 Å². The monoisotopic (exact) mass is 489 g/mol. The van der Waals surface area contributed by atoms with Gasteiger partial charge in [-0.1, -0.05) is 39.8 Å². The molecule has 0 radical (unpaired) electrons. The van der Waals surface area contributed by atoms with Crippen molar-refractivity contribution >= 4 is 5.91 Å². The number of rotatable bonds is 8. The van der Waals surface area contributed by atoms with E-state index >= 15 is 0 Å². The van der Waals surface area contributed by atoms with Crippen LogP contribution in [0.2, 0.25) is 0 Å². The lowest BCUT2D eigenvalue weighted by molar-refractivity contribution is 0.0925. The molecule has 0 unspecified atom stereocenters. The zero-order valence-corrected chi connectivity index (χ0v) is 22.7. The van der Waals surface area contributed by atoms with Crippen molar-refractivity contribution in [1.82, 2.24) is 5.32 Å². The summed E-state index contributed by atoms with van der Waals surface area (Å²) >= 11 is 0. The molecule has 5 heteroatoms. The summed E-state index contributed by atoms with van der Waals surface area (Å²) in [6.07, 6.45) is 3.72. The Morgan fingerprint density at radius 3 is 2.14 bits per heavy atom. The van der Waals surface area contributed by atoms with Crippen molar-refractivity contribution in [3.05, 3.63) is 81.8 Å². The largest absolute Gasteiger partial charge is 0.497 e. The molecule has 1 N–H and O–H groups in total. The lowest BCUT2D eigenvalue weighted by Crippen LogP contribution is -2.34. The average Bonchev–Trinajstić information content (AvgIpc) is 3.31. The van der Waals surface area contributed by atoms with Gasteiger partial charge in [-0.3, -0.25) is 4.79 Å². The van der Waals surface area contributed by atoms with Gasteiger partial charge in [0, 0.05) is 19.0 Å². The van der Waals surface area contributed by atoms with Crippen LogP contribution < -0.4 is 14.8 Å². The van der Waals surface area contributed by atoms with E-state index < -0.39 is 0 Å². The van der Waals surface area contributed by atoms with Gasteiger partial charge in [0.25, 0.3) is 5.91 Å². The van der Waals surface area contributed by atoms with Crippen LogP contribution in [-0.2, 0) is 23.7 Å². The van der Waals surface area contributed by atoms with Gasteiger partial charge in [0.05, 0.1) is 14.2 Å². The summed E-state index contributed by atoms with van der Waals surface area (Å²) in [6, 6.07) is 14.1. The number of amides is 1. The topological polar surface area (TPSA) is 60.7 Å². The highest BCUT2D eigenvalue weighted by molar-refractivity contribution is 5.91. The summed E-state index contributed by atoms with van der Waals surface area (Å²) in [4.78, 5) is 12.7. The van der Waals surface area contributed by atoms with Crippen molar-refractivity contribution in [3.8, 4) is 11.5 Å². The maximum atomic E-state index is 12.7. The Bertz CT molecular complexity index is 1230. The highest BCUT2D eigenvalue weighted by Crippen LogP contribution is 2.46. The normalized spacial score (nSPS) is 15.8. The molecule has 1 heterocycles. The Hall–Kier alpha value is -3.21. The zero-order valence-electron chi connectivity index (χ0n) is 22.7. The quantitative estimate of drug-likeness (QED) is 0.391. The molecule has 192 valence electrons. The number of benzene rings is 2. The van der Waals surface area contributed by atoms with Gasteiger partial charge in [0.1, 0.15) is 17.3 Å². The molecule has 5 nitrogen and oxygen atoms in total. The second-order valence-corrected chi connectivity index (χ2v) is 11.3. The number of methoxy groups -OCH3 is 2. The molecule has 0 spiro atoms. The number of hydrogen-bond donors (Lipinski definition) is 1. The van der Waals surface area contributed by atoms with E-state index in [1.54, 1.807) is 20.3 Å². The van der Waals surface area contributed by atoms with Crippen LogP contribution in [0, 0.1) is 6.92 Å². The standard InChI is InChI=1S/C31H39NO4/c1-20-14-26-27(31(4,5)12-11-30(26,2)3)18-22(20)17-23-8-9-28(36-23)29(33)32-13-10-21-15-24(34-6)19-25(16-21)35-7/h8-9,14-16,18-19H,10-13,17H2,1-7H3,(H,32,33). The molecule has 36 heavy (non-hydrogen) atoms. The third kappa shape index (κ3) is 5.45. The third-order valence-electron chi connectivity index (χ3n) is 7.67. The Morgan fingerprint density at radius 2 is 1.53 bits per heavy atom.